The van der Waals surface area contributed by atoms with Crippen molar-refractivity contribution >= 4 is 12.0 Å². The first kappa shape index (κ1) is 16.6. The van der Waals surface area contributed by atoms with E-state index >= 15 is 0 Å². The molecule has 2 aliphatic carbocycles. The molecule has 1 aromatic rings. The molecule has 3 aliphatic rings. The lowest BCUT2D eigenvalue weighted by Gasteiger charge is -2.37. The fourth-order valence-electron chi connectivity index (χ4n) is 4.24. The summed E-state index contributed by atoms with van der Waals surface area (Å²) < 4.78 is 6.19. The molecule has 0 spiro atoms. The van der Waals surface area contributed by atoms with E-state index in [0.717, 1.165) is 25.1 Å². The van der Waals surface area contributed by atoms with Crippen molar-refractivity contribution in [3.05, 3.63) is 34.9 Å². The Balaban J connectivity index is 1.36. The number of nitrogens with zero attached hydrogens (tertiary/aromatic N) is 1. The summed E-state index contributed by atoms with van der Waals surface area (Å²) in [4.78, 5) is 13.1. The van der Waals surface area contributed by atoms with E-state index < -0.39 is 5.97 Å². The van der Waals surface area contributed by atoms with Crippen LogP contribution in [-0.4, -0.2) is 41.7 Å². The number of aryl methyl sites for hydroxylation is 1. The van der Waals surface area contributed by atoms with Gasteiger partial charge in [0.05, 0.1) is 12.0 Å². The fraction of sp³-hybridized carbons (Fsp3) is 0.571. The maximum absolute atomic E-state index is 10.9. The topological polar surface area (TPSA) is 49.8 Å². The lowest BCUT2D eigenvalue weighted by atomic mass is 9.90. The summed E-state index contributed by atoms with van der Waals surface area (Å²) in [7, 11) is 0. The van der Waals surface area contributed by atoms with Crippen LogP contribution in [0.15, 0.2) is 23.8 Å². The van der Waals surface area contributed by atoms with Crippen molar-refractivity contribution in [1.82, 2.24) is 4.90 Å². The highest BCUT2D eigenvalue weighted by atomic mass is 16.5. The number of carboxylic acids is 1. The van der Waals surface area contributed by atoms with Crippen molar-refractivity contribution in [2.45, 2.75) is 51.0 Å². The first-order valence-corrected chi connectivity index (χ1v) is 9.61. The van der Waals surface area contributed by atoms with Gasteiger partial charge in [0, 0.05) is 19.6 Å². The number of benzene rings is 1. The summed E-state index contributed by atoms with van der Waals surface area (Å²) >= 11 is 0. The van der Waals surface area contributed by atoms with Gasteiger partial charge in [0.15, 0.2) is 0 Å². The van der Waals surface area contributed by atoms with Crippen LogP contribution in [0.3, 0.4) is 0 Å². The molecule has 0 aromatic heterocycles. The summed E-state index contributed by atoms with van der Waals surface area (Å²) in [6.07, 6.45) is 11.1. The van der Waals surface area contributed by atoms with Crippen molar-refractivity contribution in [2.24, 2.45) is 5.92 Å². The van der Waals surface area contributed by atoms with E-state index in [0.29, 0.717) is 19.2 Å². The van der Waals surface area contributed by atoms with E-state index in [1.165, 1.54) is 48.8 Å². The highest BCUT2D eigenvalue weighted by Gasteiger charge is 2.32. The number of hydrogen-bond acceptors (Lipinski definition) is 3. The normalized spacial score (nSPS) is 22.0. The quantitative estimate of drug-likeness (QED) is 0.886. The Labute approximate surface area is 149 Å². The Morgan fingerprint density at radius 2 is 1.96 bits per heavy atom. The summed E-state index contributed by atoms with van der Waals surface area (Å²) in [6.45, 7) is 2.28. The van der Waals surface area contributed by atoms with Crippen LogP contribution in [0.25, 0.3) is 6.08 Å². The molecule has 1 saturated heterocycles. The summed E-state index contributed by atoms with van der Waals surface area (Å²) in [5, 5.41) is 8.98. The summed E-state index contributed by atoms with van der Waals surface area (Å²) in [5.74, 6) is 0.190. The third-order valence-corrected chi connectivity index (χ3v) is 5.78. The molecule has 1 aromatic carbocycles. The van der Waals surface area contributed by atoms with E-state index in [-0.39, 0.29) is 5.92 Å². The molecule has 1 heterocycles. The van der Waals surface area contributed by atoms with E-state index in [1.807, 2.05) is 0 Å². The first-order valence-electron chi connectivity index (χ1n) is 9.61. The highest BCUT2D eigenvalue weighted by Crippen LogP contribution is 2.31. The molecule has 4 heteroatoms. The molecule has 2 fully saturated rings. The van der Waals surface area contributed by atoms with Gasteiger partial charge in [-0.1, -0.05) is 24.1 Å². The van der Waals surface area contributed by atoms with Crippen LogP contribution in [0, 0.1) is 5.92 Å². The Hall–Kier alpha value is -1.81. The molecule has 1 saturated carbocycles. The van der Waals surface area contributed by atoms with Gasteiger partial charge in [0.25, 0.3) is 0 Å². The minimum atomic E-state index is -0.662. The first-order chi connectivity index (χ1) is 12.2. The number of carboxylic acid groups (broad SMARTS) is 1. The van der Waals surface area contributed by atoms with E-state index in [4.69, 9.17) is 9.84 Å². The second kappa shape index (κ2) is 7.20. The lowest BCUT2D eigenvalue weighted by Crippen LogP contribution is -2.50. The van der Waals surface area contributed by atoms with Gasteiger partial charge in [-0.25, -0.2) is 0 Å². The molecular weight excluding hydrogens is 314 g/mol. The largest absolute Gasteiger partial charge is 0.490 e. The predicted molar refractivity (Wildman–Crippen MR) is 97.8 cm³/mol. The minimum Gasteiger partial charge on any atom is -0.490 e. The van der Waals surface area contributed by atoms with Crippen LogP contribution >= 0.6 is 0 Å². The van der Waals surface area contributed by atoms with Crippen molar-refractivity contribution in [3.63, 3.8) is 0 Å². The Morgan fingerprint density at radius 1 is 1.16 bits per heavy atom. The van der Waals surface area contributed by atoms with Gasteiger partial charge >= 0.3 is 5.97 Å². The third-order valence-electron chi connectivity index (χ3n) is 5.78. The molecule has 0 bridgehead atoms. The number of rotatable bonds is 5. The Morgan fingerprint density at radius 3 is 2.72 bits per heavy atom. The SMILES string of the molecule is O=C(O)C1CN(CC2=Cc3ccc(OC4CCCCC4)cc3CC2)C1. The van der Waals surface area contributed by atoms with Crippen LogP contribution in [0.1, 0.15) is 49.7 Å². The number of ether oxygens (including phenoxy) is 1. The maximum atomic E-state index is 10.9. The van der Waals surface area contributed by atoms with Crippen LogP contribution in [0.4, 0.5) is 0 Å². The molecule has 134 valence electrons. The van der Waals surface area contributed by atoms with Crippen molar-refractivity contribution in [3.8, 4) is 5.75 Å². The minimum absolute atomic E-state index is 0.170. The lowest BCUT2D eigenvalue weighted by molar-refractivity contribution is -0.147. The molecule has 1 N–H and O–H groups in total. The van der Waals surface area contributed by atoms with E-state index in [9.17, 15) is 4.79 Å². The number of aliphatic carboxylic acids is 1. The molecule has 0 unspecified atom stereocenters. The van der Waals surface area contributed by atoms with Gasteiger partial charge in [0.2, 0.25) is 0 Å². The van der Waals surface area contributed by atoms with Crippen LogP contribution < -0.4 is 4.74 Å². The monoisotopic (exact) mass is 341 g/mol. The Bertz CT molecular complexity index is 670. The molecular formula is C21H27NO3. The zero-order chi connectivity index (χ0) is 17.2. The molecule has 4 nitrogen and oxygen atoms in total. The second-order valence-corrected chi connectivity index (χ2v) is 7.77. The average Bonchev–Trinajstić information content (AvgIpc) is 2.58. The average molecular weight is 341 g/mol. The zero-order valence-electron chi connectivity index (χ0n) is 14.7. The molecule has 25 heavy (non-hydrogen) atoms. The third kappa shape index (κ3) is 3.90. The van der Waals surface area contributed by atoms with Crippen LogP contribution in [0.5, 0.6) is 5.75 Å². The van der Waals surface area contributed by atoms with Gasteiger partial charge in [-0.05, 0) is 61.8 Å². The highest BCUT2D eigenvalue weighted by molar-refractivity contribution is 5.71. The van der Waals surface area contributed by atoms with Crippen LogP contribution in [-0.2, 0) is 11.2 Å². The number of likely N-dealkylation sites (tertiary alicyclic amines) is 1. The van der Waals surface area contributed by atoms with E-state index in [2.05, 4.69) is 29.2 Å². The predicted octanol–water partition coefficient (Wildman–Crippen LogP) is 3.74. The number of hydrogen-bond donors (Lipinski definition) is 1. The molecule has 0 amide bonds. The summed E-state index contributed by atoms with van der Waals surface area (Å²) in [5.41, 5.74) is 4.09. The molecule has 4 rings (SSSR count). The fourth-order valence-corrected chi connectivity index (χ4v) is 4.24. The van der Waals surface area contributed by atoms with Gasteiger partial charge in [-0.3, -0.25) is 9.69 Å². The molecule has 0 radical (unpaired) electrons. The van der Waals surface area contributed by atoms with Gasteiger partial charge in [-0.2, -0.15) is 0 Å². The smallest absolute Gasteiger partial charge is 0.309 e. The number of carbonyl (C=O) groups is 1. The van der Waals surface area contributed by atoms with E-state index in [1.54, 1.807) is 0 Å². The maximum Gasteiger partial charge on any atom is 0.309 e. The van der Waals surface area contributed by atoms with Crippen molar-refractivity contribution in [2.75, 3.05) is 19.6 Å². The number of fused-ring (bicyclic) bond motifs is 1. The summed E-state index contributed by atoms with van der Waals surface area (Å²) in [6, 6.07) is 6.51. The van der Waals surface area contributed by atoms with Gasteiger partial charge in [0.1, 0.15) is 5.75 Å². The molecule has 1 aliphatic heterocycles. The van der Waals surface area contributed by atoms with Crippen LogP contribution in [0.2, 0.25) is 0 Å². The molecule has 0 atom stereocenters. The van der Waals surface area contributed by atoms with Crippen molar-refractivity contribution < 1.29 is 14.6 Å². The zero-order valence-corrected chi connectivity index (χ0v) is 14.7. The Kier molecular flexibility index (Phi) is 4.80. The standard InChI is InChI=1S/C21H27NO3/c23-21(24)18-13-22(14-18)12-15-6-7-17-11-20(9-8-16(17)10-15)25-19-4-2-1-3-5-19/h8-11,18-19H,1-7,12-14H2,(H,23,24). The van der Waals surface area contributed by atoms with Gasteiger partial charge in [-0.15, -0.1) is 0 Å². The van der Waals surface area contributed by atoms with Gasteiger partial charge < -0.3 is 9.84 Å². The van der Waals surface area contributed by atoms with Crippen molar-refractivity contribution in [1.29, 1.82) is 0 Å². The second-order valence-electron chi connectivity index (χ2n) is 7.77.